The molecule has 0 radical (unpaired) electrons. The summed E-state index contributed by atoms with van der Waals surface area (Å²) in [7, 11) is 0. The molecule has 0 aliphatic carbocycles. The van der Waals surface area contributed by atoms with Gasteiger partial charge in [-0.2, -0.15) is 0 Å². The summed E-state index contributed by atoms with van der Waals surface area (Å²) in [4.78, 5) is 4.48. The maximum Gasteiger partial charge on any atom is 0.213 e. The quantitative estimate of drug-likeness (QED) is 0.903. The summed E-state index contributed by atoms with van der Waals surface area (Å²) in [6.45, 7) is 6.37. The van der Waals surface area contributed by atoms with Crippen LogP contribution in [0.3, 0.4) is 0 Å². The number of aromatic nitrogens is 1. The van der Waals surface area contributed by atoms with Crippen LogP contribution in [0.1, 0.15) is 32.4 Å². The lowest BCUT2D eigenvalue weighted by Crippen LogP contribution is -2.26. The lowest BCUT2D eigenvalue weighted by Gasteiger charge is -2.23. The molecule has 0 bridgehead atoms. The number of hydrogen-bond donors (Lipinski definition) is 1. The predicted octanol–water partition coefficient (Wildman–Crippen LogP) is 2.79. The third-order valence-electron chi connectivity index (χ3n) is 3.03. The average Bonchev–Trinajstić information content (AvgIpc) is 2.40. The molecule has 106 valence electrons. The predicted molar refractivity (Wildman–Crippen MR) is 75.7 cm³/mol. The van der Waals surface area contributed by atoms with Gasteiger partial charge in [-0.05, 0) is 6.07 Å². The van der Waals surface area contributed by atoms with Crippen LogP contribution in [-0.4, -0.2) is 30.3 Å². The van der Waals surface area contributed by atoms with Gasteiger partial charge in [0, 0.05) is 31.5 Å². The Morgan fingerprint density at radius 3 is 2.84 bits per heavy atom. The highest BCUT2D eigenvalue weighted by Gasteiger charge is 2.16. The summed E-state index contributed by atoms with van der Waals surface area (Å²) < 4.78 is 11.2. The molecule has 1 aromatic rings. The maximum atomic E-state index is 6.14. The van der Waals surface area contributed by atoms with Crippen molar-refractivity contribution in [3.05, 3.63) is 22.8 Å². The van der Waals surface area contributed by atoms with Gasteiger partial charge in [-0.1, -0.05) is 25.4 Å². The van der Waals surface area contributed by atoms with E-state index in [1.165, 1.54) is 0 Å². The molecule has 0 saturated carbocycles. The third kappa shape index (κ3) is 4.64. The largest absolute Gasteiger partial charge is 0.474 e. The number of nitrogens with zero attached hydrogens (tertiary/aromatic N) is 1. The van der Waals surface area contributed by atoms with Crippen molar-refractivity contribution in [3.63, 3.8) is 0 Å². The van der Waals surface area contributed by atoms with E-state index in [-0.39, 0.29) is 6.10 Å². The van der Waals surface area contributed by atoms with Crippen molar-refractivity contribution in [3.8, 4) is 5.88 Å². The van der Waals surface area contributed by atoms with E-state index in [1.54, 1.807) is 0 Å². The molecule has 0 aromatic carbocycles. The van der Waals surface area contributed by atoms with Crippen molar-refractivity contribution in [1.29, 1.82) is 0 Å². The molecule has 0 spiro atoms. The van der Waals surface area contributed by atoms with E-state index in [2.05, 4.69) is 24.1 Å². The topological polar surface area (TPSA) is 43.4 Å². The van der Waals surface area contributed by atoms with Crippen LogP contribution in [0.2, 0.25) is 5.02 Å². The minimum Gasteiger partial charge on any atom is -0.474 e. The Kier molecular flexibility index (Phi) is 5.43. The van der Waals surface area contributed by atoms with Gasteiger partial charge in [-0.15, -0.1) is 0 Å². The Morgan fingerprint density at radius 2 is 2.16 bits per heavy atom. The van der Waals surface area contributed by atoms with E-state index in [0.29, 0.717) is 23.5 Å². The second kappa shape index (κ2) is 7.08. The molecule has 1 N–H and O–H groups in total. The number of ether oxygens (including phenoxy) is 2. The van der Waals surface area contributed by atoms with Gasteiger partial charge < -0.3 is 14.8 Å². The zero-order valence-corrected chi connectivity index (χ0v) is 12.2. The zero-order chi connectivity index (χ0) is 13.7. The molecule has 4 nitrogen and oxygen atoms in total. The molecule has 5 heteroatoms. The monoisotopic (exact) mass is 284 g/mol. The van der Waals surface area contributed by atoms with Gasteiger partial charge in [-0.25, -0.2) is 4.98 Å². The molecule has 2 rings (SSSR count). The van der Waals surface area contributed by atoms with Crippen molar-refractivity contribution in [2.24, 2.45) is 0 Å². The Balaban J connectivity index is 1.98. The summed E-state index contributed by atoms with van der Waals surface area (Å²) in [6.07, 6.45) is 2.04. The van der Waals surface area contributed by atoms with Crippen molar-refractivity contribution < 1.29 is 9.47 Å². The van der Waals surface area contributed by atoms with Gasteiger partial charge >= 0.3 is 0 Å². The molecular formula is C14H21ClN2O2. The molecule has 0 unspecified atom stereocenters. The molecule has 1 aliphatic rings. The minimum absolute atomic E-state index is 0.202. The standard InChI is InChI=1S/C14H21ClN2O2/c1-10(2)16-9-13-12(15)3-4-14(17-13)19-11-5-7-18-8-6-11/h3-4,10-11,16H,5-9H2,1-2H3. The number of halogens is 1. The molecule has 1 saturated heterocycles. The van der Waals surface area contributed by atoms with Crippen LogP contribution < -0.4 is 10.1 Å². The first-order valence-electron chi connectivity index (χ1n) is 6.78. The fourth-order valence-electron chi connectivity index (χ4n) is 1.92. The first kappa shape index (κ1) is 14.6. The van der Waals surface area contributed by atoms with Crippen LogP contribution in [0.25, 0.3) is 0 Å². The van der Waals surface area contributed by atoms with Crippen LogP contribution in [0, 0.1) is 0 Å². The maximum absolute atomic E-state index is 6.14. The Morgan fingerprint density at radius 1 is 1.42 bits per heavy atom. The molecule has 0 atom stereocenters. The van der Waals surface area contributed by atoms with Gasteiger partial charge in [-0.3, -0.25) is 0 Å². The smallest absolute Gasteiger partial charge is 0.213 e. The van der Waals surface area contributed by atoms with E-state index in [0.717, 1.165) is 31.7 Å². The summed E-state index contributed by atoms with van der Waals surface area (Å²) in [5.74, 6) is 0.650. The summed E-state index contributed by atoms with van der Waals surface area (Å²) >= 11 is 6.14. The lowest BCUT2D eigenvalue weighted by atomic mass is 10.1. The van der Waals surface area contributed by atoms with Gasteiger partial charge in [0.2, 0.25) is 5.88 Å². The number of hydrogen-bond acceptors (Lipinski definition) is 4. The van der Waals surface area contributed by atoms with Crippen LogP contribution >= 0.6 is 11.6 Å². The van der Waals surface area contributed by atoms with Crippen molar-refractivity contribution in [1.82, 2.24) is 10.3 Å². The highest BCUT2D eigenvalue weighted by atomic mass is 35.5. The third-order valence-corrected chi connectivity index (χ3v) is 3.37. The van der Waals surface area contributed by atoms with E-state index < -0.39 is 0 Å². The highest BCUT2D eigenvalue weighted by molar-refractivity contribution is 6.31. The molecule has 2 heterocycles. The second-order valence-corrected chi connectivity index (χ2v) is 5.45. The minimum atomic E-state index is 0.202. The molecule has 1 aromatic heterocycles. The van der Waals surface area contributed by atoms with Crippen molar-refractivity contribution in [2.45, 2.75) is 45.4 Å². The fraction of sp³-hybridized carbons (Fsp3) is 0.643. The molecule has 1 fully saturated rings. The number of pyridine rings is 1. The lowest BCUT2D eigenvalue weighted by molar-refractivity contribution is 0.0236. The van der Waals surface area contributed by atoms with Crippen LogP contribution in [0.15, 0.2) is 12.1 Å². The van der Waals surface area contributed by atoms with Gasteiger partial charge in [0.05, 0.1) is 23.9 Å². The van der Waals surface area contributed by atoms with Gasteiger partial charge in [0.1, 0.15) is 6.10 Å². The molecule has 19 heavy (non-hydrogen) atoms. The summed E-state index contributed by atoms with van der Waals surface area (Å²) in [5, 5.41) is 3.98. The summed E-state index contributed by atoms with van der Waals surface area (Å²) in [6, 6.07) is 4.08. The summed E-state index contributed by atoms with van der Waals surface area (Å²) in [5.41, 5.74) is 0.833. The van der Waals surface area contributed by atoms with Crippen molar-refractivity contribution >= 4 is 11.6 Å². The normalized spacial score (nSPS) is 16.8. The molecule has 0 amide bonds. The highest BCUT2D eigenvalue weighted by Crippen LogP contribution is 2.21. The second-order valence-electron chi connectivity index (χ2n) is 5.04. The van der Waals surface area contributed by atoms with Crippen LogP contribution in [-0.2, 0) is 11.3 Å². The van der Waals surface area contributed by atoms with Gasteiger partial charge in [0.25, 0.3) is 0 Å². The van der Waals surface area contributed by atoms with E-state index in [9.17, 15) is 0 Å². The fourth-order valence-corrected chi connectivity index (χ4v) is 2.09. The Hall–Kier alpha value is -0.840. The zero-order valence-electron chi connectivity index (χ0n) is 11.5. The van der Waals surface area contributed by atoms with E-state index >= 15 is 0 Å². The van der Waals surface area contributed by atoms with Gasteiger partial charge in [0.15, 0.2) is 0 Å². The Labute approximate surface area is 119 Å². The number of rotatable bonds is 5. The van der Waals surface area contributed by atoms with E-state index in [1.807, 2.05) is 12.1 Å². The van der Waals surface area contributed by atoms with E-state index in [4.69, 9.17) is 21.1 Å². The SMILES string of the molecule is CC(C)NCc1nc(OC2CCOCC2)ccc1Cl. The number of nitrogens with one attached hydrogen (secondary N) is 1. The van der Waals surface area contributed by atoms with Crippen LogP contribution in [0.4, 0.5) is 0 Å². The first-order chi connectivity index (χ1) is 9.15. The molecule has 1 aliphatic heterocycles. The van der Waals surface area contributed by atoms with Crippen LogP contribution in [0.5, 0.6) is 5.88 Å². The van der Waals surface area contributed by atoms with Crippen molar-refractivity contribution in [2.75, 3.05) is 13.2 Å². The Bertz CT molecular complexity index is 406. The molecular weight excluding hydrogens is 264 g/mol. The average molecular weight is 285 g/mol. The first-order valence-corrected chi connectivity index (χ1v) is 7.16.